The summed E-state index contributed by atoms with van der Waals surface area (Å²) in [6, 6.07) is 14.7. The molecule has 1 atom stereocenters. The number of carbonyl (C=O) groups is 3. The predicted molar refractivity (Wildman–Crippen MR) is 118 cm³/mol. The Bertz CT molecular complexity index is 1200. The molecule has 2 amide bonds. The van der Waals surface area contributed by atoms with E-state index in [1.54, 1.807) is 0 Å². The van der Waals surface area contributed by atoms with Crippen LogP contribution >= 0.6 is 0 Å². The van der Waals surface area contributed by atoms with Crippen LogP contribution in [-0.4, -0.2) is 47.3 Å². The minimum absolute atomic E-state index is 0.0360. The summed E-state index contributed by atoms with van der Waals surface area (Å²) in [7, 11) is 0. The van der Waals surface area contributed by atoms with E-state index in [-0.39, 0.29) is 30.5 Å². The van der Waals surface area contributed by atoms with Crippen LogP contribution in [0.4, 0.5) is 13.6 Å². The second kappa shape index (κ2) is 10.3. The zero-order valence-electron chi connectivity index (χ0n) is 18.2. The van der Waals surface area contributed by atoms with Gasteiger partial charge in [-0.15, -0.1) is 0 Å². The molecule has 0 saturated carbocycles. The number of halogens is 2. The molecule has 4 rings (SSSR count). The van der Waals surface area contributed by atoms with Gasteiger partial charge in [-0.25, -0.2) is 18.4 Å². The maximum atomic E-state index is 13.5. The number of rotatable bonds is 9. The molecule has 11 heteroatoms. The van der Waals surface area contributed by atoms with Crippen LogP contribution < -0.4 is 10.6 Å². The number of fused-ring (bicyclic) bond motifs is 3. The lowest BCUT2D eigenvalue weighted by molar-refractivity contribution is -0.122. The number of aromatic carboxylic acids is 1. The number of alkyl halides is 2. The summed E-state index contributed by atoms with van der Waals surface area (Å²) < 4.78 is 36.9. The molecule has 1 aromatic heterocycles. The number of nitrogens with one attached hydrogen (secondary N) is 2. The van der Waals surface area contributed by atoms with Crippen LogP contribution in [0.1, 0.15) is 39.7 Å². The molecule has 0 saturated heterocycles. The Morgan fingerprint density at radius 1 is 1.06 bits per heavy atom. The highest BCUT2D eigenvalue weighted by atomic mass is 19.3. The van der Waals surface area contributed by atoms with E-state index < -0.39 is 36.9 Å². The smallest absolute Gasteiger partial charge is 0.407 e. The third-order valence-electron chi connectivity index (χ3n) is 5.59. The number of amides is 2. The van der Waals surface area contributed by atoms with Gasteiger partial charge >= 0.3 is 12.1 Å². The summed E-state index contributed by atoms with van der Waals surface area (Å²) in [4.78, 5) is 35.2. The fraction of sp³-hybridized carbons (Fsp3) is 0.250. The van der Waals surface area contributed by atoms with Crippen LogP contribution in [0.25, 0.3) is 11.1 Å². The van der Waals surface area contributed by atoms with Gasteiger partial charge in [-0.2, -0.15) is 0 Å². The Morgan fingerprint density at radius 2 is 1.69 bits per heavy atom. The molecule has 182 valence electrons. The molecule has 2 aromatic carbocycles. The zero-order valence-corrected chi connectivity index (χ0v) is 18.2. The normalized spacial score (nSPS) is 13.1. The molecule has 0 radical (unpaired) electrons. The number of carboxylic acids is 1. The van der Waals surface area contributed by atoms with Gasteiger partial charge in [0.15, 0.2) is 11.5 Å². The van der Waals surface area contributed by atoms with E-state index >= 15 is 0 Å². The molecular formula is C24H21F2N3O6. The summed E-state index contributed by atoms with van der Waals surface area (Å²) in [5, 5.41) is 16.5. The molecule has 0 bridgehead atoms. The summed E-state index contributed by atoms with van der Waals surface area (Å²) in [5.41, 5.74) is 3.66. The first-order chi connectivity index (χ1) is 16.8. The minimum atomic E-state index is -3.02. The lowest BCUT2D eigenvalue weighted by atomic mass is 9.98. The molecule has 1 unspecified atom stereocenters. The summed E-state index contributed by atoms with van der Waals surface area (Å²) in [6.07, 6.45) is -4.81. The second-order valence-electron chi connectivity index (χ2n) is 7.88. The van der Waals surface area contributed by atoms with E-state index in [4.69, 9.17) is 14.4 Å². The highest BCUT2D eigenvalue weighted by Crippen LogP contribution is 2.44. The van der Waals surface area contributed by atoms with Crippen molar-refractivity contribution in [3.8, 4) is 11.1 Å². The topological polar surface area (TPSA) is 131 Å². The quantitative estimate of drug-likeness (QED) is 0.422. The molecule has 3 N–H and O–H groups in total. The first-order valence-electron chi connectivity index (χ1n) is 10.7. The van der Waals surface area contributed by atoms with Gasteiger partial charge in [0.1, 0.15) is 12.6 Å². The maximum absolute atomic E-state index is 13.5. The monoisotopic (exact) mass is 485 g/mol. The molecule has 0 fully saturated rings. The van der Waals surface area contributed by atoms with Gasteiger partial charge in [0.25, 0.3) is 6.43 Å². The minimum Gasteiger partial charge on any atom is -0.476 e. The van der Waals surface area contributed by atoms with Crippen LogP contribution in [0.5, 0.6) is 0 Å². The second-order valence-corrected chi connectivity index (χ2v) is 7.88. The molecule has 9 nitrogen and oxygen atoms in total. The number of benzene rings is 2. The van der Waals surface area contributed by atoms with Crippen molar-refractivity contribution < 1.29 is 37.5 Å². The van der Waals surface area contributed by atoms with Crippen molar-refractivity contribution in [2.24, 2.45) is 0 Å². The van der Waals surface area contributed by atoms with Crippen LogP contribution in [0.3, 0.4) is 0 Å². The van der Waals surface area contributed by atoms with Gasteiger partial charge in [-0.05, 0) is 22.3 Å². The first kappa shape index (κ1) is 23.9. The summed E-state index contributed by atoms with van der Waals surface area (Å²) >= 11 is 0. The molecule has 35 heavy (non-hydrogen) atoms. The Kier molecular flexibility index (Phi) is 7.04. The molecular weight excluding hydrogens is 464 g/mol. The lowest BCUT2D eigenvalue weighted by Crippen LogP contribution is -2.44. The number of hydrogen-bond donors (Lipinski definition) is 3. The van der Waals surface area contributed by atoms with E-state index in [9.17, 15) is 23.2 Å². The maximum Gasteiger partial charge on any atom is 0.407 e. The van der Waals surface area contributed by atoms with E-state index in [1.165, 1.54) is 0 Å². The van der Waals surface area contributed by atoms with Gasteiger partial charge in [0, 0.05) is 12.0 Å². The summed E-state index contributed by atoms with van der Waals surface area (Å²) in [6.45, 7) is -0.306. The molecule has 1 heterocycles. The Hall–Kier alpha value is -4.28. The Balaban J connectivity index is 1.31. The molecule has 1 aliphatic carbocycles. The fourth-order valence-electron chi connectivity index (χ4n) is 3.95. The number of carbonyl (C=O) groups excluding carboxylic acids is 2. The third kappa shape index (κ3) is 5.45. The number of hydrogen-bond acceptors (Lipinski definition) is 6. The summed E-state index contributed by atoms with van der Waals surface area (Å²) in [5.74, 6) is -2.31. The molecule has 3 aromatic rings. The van der Waals surface area contributed by atoms with E-state index in [1.807, 2.05) is 48.5 Å². The standard InChI is InChI=1S/C24H21F2N3O6/c25-22(26)19(10-21(30)27-11-13-9-20(23(31)32)29-35-13)28-24(33)34-12-18-16-7-3-1-5-14(16)15-6-2-4-8-17(15)18/h1-9,18-19,22H,10-12H2,(H,27,30)(H,28,33)(H,31,32). The van der Waals surface area contributed by atoms with Crippen molar-refractivity contribution in [3.05, 3.63) is 77.2 Å². The zero-order chi connectivity index (χ0) is 24.9. The van der Waals surface area contributed by atoms with E-state index in [2.05, 4.69) is 15.8 Å². The number of alkyl carbamates (subject to hydrolysis) is 1. The van der Waals surface area contributed by atoms with Gasteiger partial charge in [0.2, 0.25) is 5.91 Å². The SMILES string of the molecule is O=C(CC(NC(=O)OCC1c2ccccc2-c2ccccc21)C(F)F)NCc1cc(C(=O)O)no1. The number of carboxylic acid groups (broad SMARTS) is 1. The molecule has 0 aliphatic heterocycles. The lowest BCUT2D eigenvalue weighted by Gasteiger charge is -2.19. The number of aromatic nitrogens is 1. The largest absolute Gasteiger partial charge is 0.476 e. The fourth-order valence-corrected chi connectivity index (χ4v) is 3.95. The van der Waals surface area contributed by atoms with E-state index in [0.717, 1.165) is 28.3 Å². The van der Waals surface area contributed by atoms with Crippen molar-refractivity contribution >= 4 is 18.0 Å². The number of ether oxygens (including phenoxy) is 1. The predicted octanol–water partition coefficient (Wildman–Crippen LogP) is 3.55. The van der Waals surface area contributed by atoms with Crippen molar-refractivity contribution in [3.63, 3.8) is 0 Å². The van der Waals surface area contributed by atoms with Crippen molar-refractivity contribution in [2.75, 3.05) is 6.61 Å². The van der Waals surface area contributed by atoms with Crippen molar-refractivity contribution in [1.82, 2.24) is 15.8 Å². The Labute approximate surface area is 198 Å². The van der Waals surface area contributed by atoms with Gasteiger partial charge in [0.05, 0.1) is 13.0 Å². The average molecular weight is 485 g/mol. The molecule has 1 aliphatic rings. The van der Waals surface area contributed by atoms with Crippen LogP contribution in [-0.2, 0) is 16.1 Å². The van der Waals surface area contributed by atoms with Crippen molar-refractivity contribution in [2.45, 2.75) is 31.4 Å². The van der Waals surface area contributed by atoms with Crippen LogP contribution in [0.2, 0.25) is 0 Å². The van der Waals surface area contributed by atoms with Crippen molar-refractivity contribution in [1.29, 1.82) is 0 Å². The van der Waals surface area contributed by atoms with Crippen LogP contribution in [0.15, 0.2) is 59.1 Å². The van der Waals surface area contributed by atoms with Crippen LogP contribution in [0, 0.1) is 0 Å². The number of nitrogens with zero attached hydrogens (tertiary/aromatic N) is 1. The van der Waals surface area contributed by atoms with Gasteiger partial charge in [-0.1, -0.05) is 53.7 Å². The van der Waals surface area contributed by atoms with E-state index in [0.29, 0.717) is 0 Å². The molecule has 0 spiro atoms. The average Bonchev–Trinajstić information content (AvgIpc) is 3.44. The Morgan fingerprint density at radius 3 is 2.26 bits per heavy atom. The van der Waals surface area contributed by atoms with Gasteiger partial charge in [-0.3, -0.25) is 4.79 Å². The highest BCUT2D eigenvalue weighted by Gasteiger charge is 2.30. The highest BCUT2D eigenvalue weighted by molar-refractivity contribution is 5.85. The third-order valence-corrected chi connectivity index (χ3v) is 5.59. The van der Waals surface area contributed by atoms with Gasteiger partial charge < -0.3 is 25.0 Å². The first-order valence-corrected chi connectivity index (χ1v) is 10.7.